The van der Waals surface area contributed by atoms with Gasteiger partial charge in [-0.25, -0.2) is 5.43 Å². The maximum absolute atomic E-state index is 13.3. The first-order chi connectivity index (χ1) is 14.0. The highest BCUT2D eigenvalue weighted by atomic mass is 16.5. The number of ether oxygens (including phenoxy) is 2. The summed E-state index contributed by atoms with van der Waals surface area (Å²) in [6, 6.07) is 6.00. The van der Waals surface area contributed by atoms with E-state index >= 15 is 0 Å². The van der Waals surface area contributed by atoms with Gasteiger partial charge in [0.1, 0.15) is 0 Å². The molecule has 0 radical (unpaired) electrons. The summed E-state index contributed by atoms with van der Waals surface area (Å²) < 4.78 is 11.8. The molecule has 29 heavy (non-hydrogen) atoms. The van der Waals surface area contributed by atoms with Crippen molar-refractivity contribution < 1.29 is 14.3 Å². The zero-order valence-corrected chi connectivity index (χ0v) is 17.7. The molecule has 1 aliphatic heterocycles. The van der Waals surface area contributed by atoms with Gasteiger partial charge in [-0.1, -0.05) is 30.4 Å². The summed E-state index contributed by atoms with van der Waals surface area (Å²) in [4.78, 5) is 13.3. The second-order valence-electron chi connectivity index (χ2n) is 8.85. The molecule has 1 aromatic rings. The Kier molecular flexibility index (Phi) is 5.68. The lowest BCUT2D eigenvalue weighted by Gasteiger charge is -2.25. The van der Waals surface area contributed by atoms with Crippen LogP contribution in [-0.2, 0) is 4.79 Å². The second-order valence-corrected chi connectivity index (χ2v) is 8.85. The highest BCUT2D eigenvalue weighted by Gasteiger charge is 2.49. The molecule has 2 atom stereocenters. The quantitative estimate of drug-likeness (QED) is 0.783. The van der Waals surface area contributed by atoms with Gasteiger partial charge < -0.3 is 9.47 Å². The van der Waals surface area contributed by atoms with Crippen LogP contribution in [-0.4, -0.2) is 30.2 Å². The smallest absolute Gasteiger partial charge is 0.244 e. The van der Waals surface area contributed by atoms with Gasteiger partial charge >= 0.3 is 0 Å². The molecule has 1 saturated heterocycles. The fourth-order valence-corrected chi connectivity index (χ4v) is 4.63. The monoisotopic (exact) mass is 396 g/mol. The number of carbonyl (C=O) groups is 1. The Morgan fingerprint density at radius 2 is 1.90 bits per heavy atom. The van der Waals surface area contributed by atoms with E-state index in [0.717, 1.165) is 42.7 Å². The lowest BCUT2D eigenvalue weighted by atomic mass is 9.81. The second kappa shape index (κ2) is 8.23. The summed E-state index contributed by atoms with van der Waals surface area (Å²) in [5, 5.41) is 1.83. The number of hydrogen-bond donors (Lipinski definition) is 1. The Labute approximate surface area is 173 Å². The molecule has 4 rings (SSSR count). The van der Waals surface area contributed by atoms with Crippen molar-refractivity contribution in [1.29, 1.82) is 0 Å². The van der Waals surface area contributed by atoms with Crippen LogP contribution >= 0.6 is 0 Å². The largest absolute Gasteiger partial charge is 0.493 e. The highest BCUT2D eigenvalue weighted by Crippen LogP contribution is 2.44. The number of hydrogen-bond acceptors (Lipinski definition) is 4. The molecule has 0 bridgehead atoms. The van der Waals surface area contributed by atoms with Gasteiger partial charge in [0, 0.05) is 0 Å². The molecular formula is C24H32N2O3. The van der Waals surface area contributed by atoms with Crippen molar-refractivity contribution in [2.75, 3.05) is 7.11 Å². The zero-order chi connectivity index (χ0) is 20.4. The van der Waals surface area contributed by atoms with Crippen molar-refractivity contribution in [3.05, 3.63) is 48.1 Å². The fraction of sp³-hybridized carbons (Fsp3) is 0.542. The fourth-order valence-electron chi connectivity index (χ4n) is 4.63. The number of rotatable bonds is 5. The predicted octanol–water partition coefficient (Wildman–Crippen LogP) is 4.71. The predicted molar refractivity (Wildman–Crippen MR) is 114 cm³/mol. The Morgan fingerprint density at radius 3 is 2.66 bits per heavy atom. The summed E-state index contributed by atoms with van der Waals surface area (Å²) in [6.07, 6.45) is 15.1. The van der Waals surface area contributed by atoms with E-state index in [1.807, 2.05) is 37.1 Å². The molecule has 1 N–H and O–H groups in total. The normalized spacial score (nSPS) is 26.7. The molecule has 2 aliphatic carbocycles. The van der Waals surface area contributed by atoms with Crippen molar-refractivity contribution in [1.82, 2.24) is 10.4 Å². The SMILES string of the molecule is COc1ccc(C2NN([C@@H]3C=CC=CCC3)C(=O)C2(C)C)cc1OC1CCCC1. The Bertz CT molecular complexity index is 808. The van der Waals surface area contributed by atoms with Crippen LogP contribution in [0, 0.1) is 5.41 Å². The summed E-state index contributed by atoms with van der Waals surface area (Å²) in [7, 11) is 1.67. The highest BCUT2D eigenvalue weighted by molar-refractivity contribution is 5.85. The topological polar surface area (TPSA) is 50.8 Å². The number of amides is 1. The molecule has 1 saturated carbocycles. The van der Waals surface area contributed by atoms with E-state index in [2.05, 4.69) is 29.7 Å². The third-order valence-corrected chi connectivity index (χ3v) is 6.42. The molecule has 5 heteroatoms. The van der Waals surface area contributed by atoms with Gasteiger partial charge in [-0.05, 0) is 70.1 Å². The summed E-state index contributed by atoms with van der Waals surface area (Å²) in [5.41, 5.74) is 4.01. The third kappa shape index (κ3) is 3.93. The Morgan fingerprint density at radius 1 is 1.10 bits per heavy atom. The van der Waals surface area contributed by atoms with Gasteiger partial charge in [0.2, 0.25) is 5.91 Å². The van der Waals surface area contributed by atoms with Crippen molar-refractivity contribution >= 4 is 5.91 Å². The molecule has 2 fully saturated rings. The van der Waals surface area contributed by atoms with Crippen molar-refractivity contribution in [3.63, 3.8) is 0 Å². The number of hydrazine groups is 1. The molecule has 1 unspecified atom stereocenters. The average Bonchev–Trinajstić information content (AvgIpc) is 3.18. The summed E-state index contributed by atoms with van der Waals surface area (Å²) in [5.74, 6) is 1.66. The van der Waals surface area contributed by atoms with Crippen LogP contribution in [0.3, 0.4) is 0 Å². The van der Waals surface area contributed by atoms with Crippen LogP contribution < -0.4 is 14.9 Å². The van der Waals surface area contributed by atoms with Gasteiger partial charge in [-0.3, -0.25) is 9.80 Å². The molecule has 5 nitrogen and oxygen atoms in total. The minimum absolute atomic E-state index is 0.0641. The minimum atomic E-state index is -0.549. The molecule has 1 heterocycles. The van der Waals surface area contributed by atoms with Gasteiger partial charge in [0.25, 0.3) is 0 Å². The number of nitrogens with zero attached hydrogens (tertiary/aromatic N) is 1. The van der Waals surface area contributed by atoms with Crippen LogP contribution in [0.15, 0.2) is 42.5 Å². The molecule has 3 aliphatic rings. The van der Waals surface area contributed by atoms with Crippen LogP contribution in [0.25, 0.3) is 0 Å². The molecule has 156 valence electrons. The van der Waals surface area contributed by atoms with E-state index in [1.54, 1.807) is 7.11 Å². The molecule has 1 aromatic carbocycles. The van der Waals surface area contributed by atoms with Crippen molar-refractivity contribution in [2.24, 2.45) is 5.41 Å². The number of allylic oxidation sites excluding steroid dienone is 3. The van der Waals surface area contributed by atoms with Crippen molar-refractivity contribution in [3.8, 4) is 11.5 Å². The van der Waals surface area contributed by atoms with E-state index in [-0.39, 0.29) is 24.1 Å². The van der Waals surface area contributed by atoms with E-state index in [0.29, 0.717) is 0 Å². The lowest BCUT2D eigenvalue weighted by molar-refractivity contribution is -0.137. The maximum atomic E-state index is 13.3. The number of benzene rings is 1. The number of methoxy groups -OCH3 is 1. The number of carbonyl (C=O) groups excluding carboxylic acids is 1. The molecular weight excluding hydrogens is 364 g/mol. The Hall–Kier alpha value is -2.27. The van der Waals surface area contributed by atoms with Gasteiger partial charge in [-0.15, -0.1) is 0 Å². The van der Waals surface area contributed by atoms with E-state index < -0.39 is 5.41 Å². The van der Waals surface area contributed by atoms with Crippen LogP contribution in [0.4, 0.5) is 0 Å². The number of nitrogens with one attached hydrogen (secondary N) is 1. The summed E-state index contributed by atoms with van der Waals surface area (Å²) >= 11 is 0. The zero-order valence-electron chi connectivity index (χ0n) is 17.7. The van der Waals surface area contributed by atoms with Gasteiger partial charge in [-0.2, -0.15) is 0 Å². The molecule has 0 aromatic heterocycles. The van der Waals surface area contributed by atoms with Crippen LogP contribution in [0.1, 0.15) is 64.0 Å². The van der Waals surface area contributed by atoms with Gasteiger partial charge in [0.15, 0.2) is 11.5 Å². The molecule has 0 spiro atoms. The Balaban J connectivity index is 1.60. The maximum Gasteiger partial charge on any atom is 0.244 e. The van der Waals surface area contributed by atoms with E-state index in [9.17, 15) is 4.79 Å². The minimum Gasteiger partial charge on any atom is -0.493 e. The summed E-state index contributed by atoms with van der Waals surface area (Å²) in [6.45, 7) is 4.04. The first-order valence-corrected chi connectivity index (χ1v) is 10.8. The van der Waals surface area contributed by atoms with Crippen molar-refractivity contribution in [2.45, 2.75) is 70.6 Å². The average molecular weight is 397 g/mol. The third-order valence-electron chi connectivity index (χ3n) is 6.42. The lowest BCUT2D eigenvalue weighted by Crippen LogP contribution is -2.43. The van der Waals surface area contributed by atoms with E-state index in [4.69, 9.17) is 9.47 Å². The molecule has 1 amide bonds. The first-order valence-electron chi connectivity index (χ1n) is 10.8. The first kappa shape index (κ1) is 20.0. The standard InChI is InChI=1S/C24H32N2O3/c1-24(2)22(25-26(23(24)27)18-10-6-4-5-7-11-18)17-14-15-20(28-3)21(16-17)29-19-12-8-9-13-19/h4-6,10,14-16,18-19,22,25H,7-9,11-13H2,1-3H3/t18-,22?/m1/s1. The van der Waals surface area contributed by atoms with Crippen LogP contribution in [0.2, 0.25) is 0 Å². The van der Waals surface area contributed by atoms with Crippen LogP contribution in [0.5, 0.6) is 11.5 Å². The van der Waals surface area contributed by atoms with Gasteiger partial charge in [0.05, 0.1) is 30.7 Å². The van der Waals surface area contributed by atoms with E-state index in [1.165, 1.54) is 12.8 Å².